The van der Waals surface area contributed by atoms with Crippen LogP contribution in [0.15, 0.2) is 36.4 Å². The van der Waals surface area contributed by atoms with E-state index in [-0.39, 0.29) is 37.4 Å². The fraction of sp³-hybridized carbons (Fsp3) is 0.278. The molecule has 0 aromatic heterocycles. The van der Waals surface area contributed by atoms with E-state index in [1.54, 1.807) is 19.1 Å². The Balaban J connectivity index is 0.00000261. The van der Waals surface area contributed by atoms with Gasteiger partial charge in [-0.3, -0.25) is 4.79 Å². The summed E-state index contributed by atoms with van der Waals surface area (Å²) in [6, 6.07) is 7.94. The molecule has 2 aromatic rings. The Hall–Kier alpha value is -2.61. The Kier molecular flexibility index (Phi) is 6.10. The number of anilines is 2. The van der Waals surface area contributed by atoms with Crippen molar-refractivity contribution in [2.24, 2.45) is 0 Å². The third-order valence-electron chi connectivity index (χ3n) is 4.12. The number of ether oxygens (including phenoxy) is 2. The molecule has 3 N–H and O–H groups in total. The van der Waals surface area contributed by atoms with Crippen LogP contribution in [0.5, 0.6) is 11.5 Å². The molecule has 0 radical (unpaired) electrons. The van der Waals surface area contributed by atoms with Crippen molar-refractivity contribution in [2.75, 3.05) is 17.8 Å². The van der Waals surface area contributed by atoms with Crippen LogP contribution in [-0.2, 0) is 11.0 Å². The highest BCUT2D eigenvalue weighted by atomic mass is 35.5. The molecule has 1 atom stereocenters. The number of hydrogen-bond donors (Lipinski definition) is 2. The smallest absolute Gasteiger partial charge is 0.416 e. The number of amides is 1. The average Bonchev–Trinajstić information content (AvgIpc) is 3.01. The number of halogens is 4. The molecule has 0 bridgehead atoms. The number of fused-ring (bicyclic) bond motifs is 1. The average molecular weight is 403 g/mol. The summed E-state index contributed by atoms with van der Waals surface area (Å²) >= 11 is 0. The Labute approximate surface area is 160 Å². The molecule has 1 unspecified atom stereocenters. The maximum Gasteiger partial charge on any atom is 0.416 e. The Bertz CT molecular complexity index is 826. The van der Waals surface area contributed by atoms with Crippen molar-refractivity contribution in [1.82, 2.24) is 0 Å². The van der Waals surface area contributed by atoms with Gasteiger partial charge in [-0.15, -0.1) is 12.4 Å². The molecule has 9 heteroatoms. The minimum absolute atomic E-state index is 0. The molecule has 0 aliphatic carbocycles. The second-order valence-electron chi connectivity index (χ2n) is 6.07. The number of carbonyl (C=O) groups is 1. The van der Waals surface area contributed by atoms with Crippen LogP contribution >= 0.6 is 12.4 Å². The number of alkyl halides is 3. The Morgan fingerprint density at radius 2 is 1.78 bits per heavy atom. The maximum atomic E-state index is 12.6. The zero-order chi connectivity index (χ0) is 18.9. The van der Waals surface area contributed by atoms with Crippen LogP contribution in [-0.4, -0.2) is 12.7 Å². The zero-order valence-corrected chi connectivity index (χ0v) is 15.1. The first-order valence-corrected chi connectivity index (χ1v) is 7.90. The van der Waals surface area contributed by atoms with Gasteiger partial charge in [0.25, 0.3) is 0 Å². The van der Waals surface area contributed by atoms with Gasteiger partial charge in [-0.25, -0.2) is 0 Å². The van der Waals surface area contributed by atoms with Gasteiger partial charge in [-0.05, 0) is 23.6 Å². The molecule has 5 nitrogen and oxygen atoms in total. The van der Waals surface area contributed by atoms with Crippen LogP contribution in [0.4, 0.5) is 24.5 Å². The number of benzene rings is 2. The highest BCUT2D eigenvalue weighted by Gasteiger charge is 2.30. The van der Waals surface area contributed by atoms with Crippen LogP contribution in [0.1, 0.15) is 30.4 Å². The molecule has 1 aliphatic rings. The van der Waals surface area contributed by atoms with Gasteiger partial charge in [0.2, 0.25) is 12.7 Å². The summed E-state index contributed by atoms with van der Waals surface area (Å²) in [6.45, 7) is 1.86. The topological polar surface area (TPSA) is 73.6 Å². The molecular weight excluding hydrogens is 385 g/mol. The molecular formula is C18H18ClF3N2O3. The van der Waals surface area contributed by atoms with E-state index in [4.69, 9.17) is 15.2 Å². The monoisotopic (exact) mass is 402 g/mol. The number of carbonyl (C=O) groups excluding carboxylic acids is 1. The molecule has 0 spiro atoms. The molecule has 27 heavy (non-hydrogen) atoms. The molecule has 0 saturated carbocycles. The summed E-state index contributed by atoms with van der Waals surface area (Å²) < 4.78 is 48.3. The van der Waals surface area contributed by atoms with Crippen molar-refractivity contribution in [3.05, 3.63) is 47.5 Å². The van der Waals surface area contributed by atoms with E-state index in [0.717, 1.165) is 12.1 Å². The predicted octanol–water partition coefficient (Wildman–Crippen LogP) is 4.57. The fourth-order valence-corrected chi connectivity index (χ4v) is 2.66. The van der Waals surface area contributed by atoms with Gasteiger partial charge < -0.3 is 20.5 Å². The summed E-state index contributed by atoms with van der Waals surface area (Å²) in [6.07, 6.45) is -4.28. The summed E-state index contributed by atoms with van der Waals surface area (Å²) in [5, 5.41) is 2.70. The first-order chi connectivity index (χ1) is 12.2. The molecule has 1 aliphatic heterocycles. The normalized spacial score (nSPS) is 13.6. The molecule has 3 rings (SSSR count). The van der Waals surface area contributed by atoms with Gasteiger partial charge in [-0.2, -0.15) is 13.2 Å². The van der Waals surface area contributed by atoms with E-state index < -0.39 is 11.7 Å². The van der Waals surface area contributed by atoms with Crippen molar-refractivity contribution < 1.29 is 27.4 Å². The zero-order valence-electron chi connectivity index (χ0n) is 14.3. The van der Waals surface area contributed by atoms with Crippen molar-refractivity contribution in [3.8, 4) is 11.5 Å². The number of nitrogens with one attached hydrogen (secondary N) is 1. The molecule has 1 heterocycles. The SMILES string of the molecule is CC(CC(=O)Nc1cc2c(cc1N)OCO2)c1ccc(C(F)(F)F)cc1.Cl. The van der Waals surface area contributed by atoms with Gasteiger partial charge in [0.05, 0.1) is 16.9 Å². The lowest BCUT2D eigenvalue weighted by molar-refractivity contribution is -0.137. The molecule has 2 aromatic carbocycles. The van der Waals surface area contributed by atoms with Crippen LogP contribution in [0.25, 0.3) is 0 Å². The van der Waals surface area contributed by atoms with E-state index in [0.29, 0.717) is 28.4 Å². The van der Waals surface area contributed by atoms with Crippen LogP contribution in [0.3, 0.4) is 0 Å². The third-order valence-corrected chi connectivity index (χ3v) is 4.12. The summed E-state index contributed by atoms with van der Waals surface area (Å²) in [4.78, 5) is 12.3. The number of nitrogen functional groups attached to an aromatic ring is 1. The van der Waals surface area contributed by atoms with E-state index in [9.17, 15) is 18.0 Å². The van der Waals surface area contributed by atoms with Crippen molar-refractivity contribution >= 4 is 29.7 Å². The van der Waals surface area contributed by atoms with Crippen molar-refractivity contribution in [3.63, 3.8) is 0 Å². The lowest BCUT2D eigenvalue weighted by Crippen LogP contribution is -2.15. The van der Waals surface area contributed by atoms with Gasteiger partial charge in [0.15, 0.2) is 11.5 Å². The van der Waals surface area contributed by atoms with E-state index in [2.05, 4.69) is 5.32 Å². The van der Waals surface area contributed by atoms with Gasteiger partial charge in [0.1, 0.15) is 0 Å². The van der Waals surface area contributed by atoms with E-state index in [1.807, 2.05) is 0 Å². The molecule has 146 valence electrons. The first-order valence-electron chi connectivity index (χ1n) is 7.90. The van der Waals surface area contributed by atoms with Gasteiger partial charge >= 0.3 is 6.18 Å². The number of rotatable bonds is 4. The third kappa shape index (κ3) is 4.77. The number of hydrogen-bond acceptors (Lipinski definition) is 4. The summed E-state index contributed by atoms with van der Waals surface area (Å²) in [5.41, 5.74) is 6.55. The summed E-state index contributed by atoms with van der Waals surface area (Å²) in [5.74, 6) is 0.444. The quantitative estimate of drug-likeness (QED) is 0.735. The van der Waals surface area contributed by atoms with Gasteiger partial charge in [0, 0.05) is 18.6 Å². The highest BCUT2D eigenvalue weighted by Crippen LogP contribution is 2.38. The van der Waals surface area contributed by atoms with Crippen molar-refractivity contribution in [2.45, 2.75) is 25.4 Å². The highest BCUT2D eigenvalue weighted by molar-refractivity contribution is 5.95. The van der Waals surface area contributed by atoms with Crippen molar-refractivity contribution in [1.29, 1.82) is 0 Å². The molecule has 0 saturated heterocycles. The summed E-state index contributed by atoms with van der Waals surface area (Å²) in [7, 11) is 0. The Morgan fingerprint density at radius 1 is 1.19 bits per heavy atom. The second-order valence-corrected chi connectivity index (χ2v) is 6.07. The van der Waals surface area contributed by atoms with E-state index >= 15 is 0 Å². The fourth-order valence-electron chi connectivity index (χ4n) is 2.66. The molecule has 1 amide bonds. The maximum absolute atomic E-state index is 12.6. The van der Waals surface area contributed by atoms with Crippen LogP contribution in [0, 0.1) is 0 Å². The largest absolute Gasteiger partial charge is 0.454 e. The minimum atomic E-state index is -4.38. The minimum Gasteiger partial charge on any atom is -0.454 e. The standard InChI is InChI=1S/C18H17F3N2O3.ClH/c1-10(11-2-4-12(5-3-11)18(19,20)21)6-17(24)23-14-8-16-15(7-13(14)22)25-9-26-16;/h2-5,7-8,10H,6,9,22H2,1H3,(H,23,24);1H. The second kappa shape index (κ2) is 7.96. The van der Waals surface area contributed by atoms with E-state index in [1.165, 1.54) is 12.1 Å². The first kappa shape index (κ1) is 20.7. The number of nitrogens with two attached hydrogens (primary N) is 1. The predicted molar refractivity (Wildman–Crippen MR) is 97.3 cm³/mol. The Morgan fingerprint density at radius 3 is 2.37 bits per heavy atom. The van der Waals surface area contributed by atoms with Gasteiger partial charge in [-0.1, -0.05) is 19.1 Å². The molecule has 0 fully saturated rings. The lowest BCUT2D eigenvalue weighted by Gasteiger charge is -2.14. The van der Waals surface area contributed by atoms with Crippen LogP contribution in [0.2, 0.25) is 0 Å². The van der Waals surface area contributed by atoms with Crippen LogP contribution < -0.4 is 20.5 Å². The lowest BCUT2D eigenvalue weighted by atomic mass is 9.96.